The van der Waals surface area contributed by atoms with Crippen molar-refractivity contribution in [3.63, 3.8) is 0 Å². The Hall–Kier alpha value is -3.76. The SMILES string of the molecule is CCn1c(C)c(C=O)c(=O)n1-c1ccccc1.CN[C@H]1CCN(c2ccc3nccn3n2)C1.CO. The van der Waals surface area contributed by atoms with Gasteiger partial charge in [0.05, 0.1) is 5.69 Å². The quantitative estimate of drug-likeness (QED) is 0.421. The second-order valence-corrected chi connectivity index (χ2v) is 7.93. The van der Waals surface area contributed by atoms with Crippen molar-refractivity contribution in [3.8, 4) is 5.69 Å². The molecule has 0 bridgehead atoms. The normalized spacial score (nSPS) is 14.8. The molecule has 1 aliphatic rings. The number of hydrogen-bond donors (Lipinski definition) is 2. The number of benzene rings is 1. The Bertz CT molecular complexity index is 1290. The van der Waals surface area contributed by atoms with Gasteiger partial charge >= 0.3 is 0 Å². The maximum absolute atomic E-state index is 12.1. The lowest BCUT2D eigenvalue weighted by molar-refractivity contribution is 0.112. The molecule has 1 saturated heterocycles. The molecule has 35 heavy (non-hydrogen) atoms. The third-order valence-electron chi connectivity index (χ3n) is 6.02. The highest BCUT2D eigenvalue weighted by atomic mass is 16.2. The summed E-state index contributed by atoms with van der Waals surface area (Å²) in [6, 6.07) is 14.0. The maximum Gasteiger partial charge on any atom is 0.282 e. The number of anilines is 1. The van der Waals surface area contributed by atoms with Crippen LogP contribution in [-0.2, 0) is 6.54 Å². The van der Waals surface area contributed by atoms with E-state index < -0.39 is 0 Å². The molecule has 0 unspecified atom stereocenters. The van der Waals surface area contributed by atoms with Crippen LogP contribution < -0.4 is 15.8 Å². The summed E-state index contributed by atoms with van der Waals surface area (Å²) in [6.07, 6.45) is 5.46. The Labute approximate surface area is 204 Å². The molecule has 4 aromatic rings. The predicted molar refractivity (Wildman–Crippen MR) is 137 cm³/mol. The van der Waals surface area contributed by atoms with Gasteiger partial charge in [0.1, 0.15) is 11.4 Å². The van der Waals surface area contributed by atoms with Gasteiger partial charge in [0.25, 0.3) is 5.56 Å². The Balaban J connectivity index is 0.000000183. The molecule has 5 rings (SSSR count). The highest BCUT2D eigenvalue weighted by Crippen LogP contribution is 2.18. The molecule has 0 aliphatic carbocycles. The van der Waals surface area contributed by atoms with Crippen LogP contribution >= 0.6 is 0 Å². The Morgan fingerprint density at radius 2 is 1.91 bits per heavy atom. The van der Waals surface area contributed by atoms with Crippen molar-refractivity contribution in [1.82, 2.24) is 29.3 Å². The number of aliphatic hydroxyl groups is 1. The van der Waals surface area contributed by atoms with E-state index in [1.165, 1.54) is 6.42 Å². The van der Waals surface area contributed by atoms with Crippen LogP contribution in [0.15, 0.2) is 59.7 Å². The predicted octanol–water partition coefficient (Wildman–Crippen LogP) is 1.92. The number of likely N-dealkylation sites (N-methyl/N-ethyl adjacent to an activating group) is 1. The van der Waals surface area contributed by atoms with Crippen LogP contribution in [0.4, 0.5) is 5.82 Å². The number of imidazole rings is 1. The van der Waals surface area contributed by atoms with E-state index in [-0.39, 0.29) is 11.1 Å². The molecule has 2 N–H and O–H groups in total. The Kier molecular flexibility index (Phi) is 8.93. The van der Waals surface area contributed by atoms with Gasteiger partial charge in [-0.15, -0.1) is 5.10 Å². The number of fused-ring (bicyclic) bond motifs is 1. The second kappa shape index (κ2) is 12.1. The fraction of sp³-hybridized carbons (Fsp3) is 0.360. The largest absolute Gasteiger partial charge is 0.400 e. The number of aliphatic hydroxyl groups excluding tert-OH is 1. The first kappa shape index (κ1) is 25.9. The first-order chi connectivity index (χ1) is 17.1. The van der Waals surface area contributed by atoms with Crippen molar-refractivity contribution in [1.29, 1.82) is 0 Å². The number of carbonyl (C=O) groups excluding carboxylic acids is 1. The molecule has 0 radical (unpaired) electrons. The van der Waals surface area contributed by atoms with Crippen LogP contribution in [0.3, 0.4) is 0 Å². The van der Waals surface area contributed by atoms with Gasteiger partial charge in [-0.05, 0) is 51.6 Å². The lowest BCUT2D eigenvalue weighted by Crippen LogP contribution is -2.30. The molecule has 0 spiro atoms. The monoisotopic (exact) mass is 479 g/mol. The van der Waals surface area contributed by atoms with E-state index in [0.29, 0.717) is 24.6 Å². The van der Waals surface area contributed by atoms with Crippen molar-refractivity contribution in [2.75, 3.05) is 32.1 Å². The zero-order valence-corrected chi connectivity index (χ0v) is 20.6. The molecular weight excluding hydrogens is 446 g/mol. The molecule has 1 fully saturated rings. The van der Waals surface area contributed by atoms with Gasteiger partial charge in [-0.25, -0.2) is 14.2 Å². The number of carbonyl (C=O) groups is 1. The lowest BCUT2D eigenvalue weighted by Gasteiger charge is -2.16. The molecule has 0 saturated carbocycles. The fourth-order valence-electron chi connectivity index (χ4n) is 4.19. The van der Waals surface area contributed by atoms with Gasteiger partial charge < -0.3 is 15.3 Å². The van der Waals surface area contributed by atoms with Crippen molar-refractivity contribution in [3.05, 3.63) is 76.5 Å². The van der Waals surface area contributed by atoms with Crippen LogP contribution in [0, 0.1) is 6.92 Å². The minimum absolute atomic E-state index is 0.232. The van der Waals surface area contributed by atoms with Gasteiger partial charge in [0.15, 0.2) is 11.9 Å². The van der Waals surface area contributed by atoms with E-state index in [9.17, 15) is 9.59 Å². The zero-order chi connectivity index (χ0) is 25.4. The number of para-hydroxylation sites is 1. The summed E-state index contributed by atoms with van der Waals surface area (Å²) in [5, 5.41) is 14.8. The van der Waals surface area contributed by atoms with E-state index in [1.807, 2.05) is 67.1 Å². The summed E-state index contributed by atoms with van der Waals surface area (Å²) < 4.78 is 5.17. The number of aromatic nitrogens is 5. The Morgan fingerprint density at radius 1 is 1.17 bits per heavy atom. The third-order valence-corrected chi connectivity index (χ3v) is 6.02. The van der Waals surface area contributed by atoms with Crippen LogP contribution in [0.5, 0.6) is 0 Å². The minimum Gasteiger partial charge on any atom is -0.400 e. The van der Waals surface area contributed by atoms with Gasteiger partial charge in [-0.1, -0.05) is 18.2 Å². The second-order valence-electron chi connectivity index (χ2n) is 7.93. The minimum atomic E-state index is -0.259. The first-order valence-electron chi connectivity index (χ1n) is 11.6. The van der Waals surface area contributed by atoms with E-state index in [1.54, 1.807) is 22.5 Å². The summed E-state index contributed by atoms with van der Waals surface area (Å²) in [5.74, 6) is 1.03. The number of rotatable bonds is 5. The molecule has 1 atom stereocenters. The number of nitrogens with one attached hydrogen (secondary N) is 1. The molecular formula is C25H33N7O3. The Morgan fingerprint density at radius 3 is 2.54 bits per heavy atom. The number of hydrogen-bond acceptors (Lipinski definition) is 7. The average molecular weight is 480 g/mol. The highest BCUT2D eigenvalue weighted by Gasteiger charge is 2.22. The standard InChI is InChI=1S/C13H14N2O2.C11H15N5.CH4O/c1-3-14-10(2)12(9-16)13(17)15(14)11-7-5-4-6-8-11;1-12-9-4-6-15(8-9)11-3-2-10-13-5-7-16(10)14-11;1-2/h4-9H,3H2,1-2H3;2-3,5,7,9,12H,4,6,8H2,1H3;2H,1H3/t;9-;/m.0./s1. The molecule has 0 amide bonds. The highest BCUT2D eigenvalue weighted by molar-refractivity contribution is 5.76. The van der Waals surface area contributed by atoms with E-state index >= 15 is 0 Å². The van der Waals surface area contributed by atoms with Crippen molar-refractivity contribution < 1.29 is 9.90 Å². The van der Waals surface area contributed by atoms with Gasteiger partial charge in [0.2, 0.25) is 0 Å². The molecule has 10 nitrogen and oxygen atoms in total. The molecule has 186 valence electrons. The molecule has 10 heteroatoms. The average Bonchev–Trinajstić information content (AvgIpc) is 3.63. The first-order valence-corrected chi connectivity index (χ1v) is 11.6. The van der Waals surface area contributed by atoms with Crippen molar-refractivity contribution in [2.24, 2.45) is 0 Å². The van der Waals surface area contributed by atoms with Gasteiger partial charge in [-0.3, -0.25) is 14.3 Å². The molecule has 4 heterocycles. The third kappa shape index (κ3) is 5.50. The summed E-state index contributed by atoms with van der Waals surface area (Å²) in [7, 11) is 3.01. The van der Waals surface area contributed by atoms with E-state index in [4.69, 9.17) is 5.11 Å². The van der Waals surface area contributed by atoms with Crippen LogP contribution in [0.25, 0.3) is 11.3 Å². The van der Waals surface area contributed by atoms with Gasteiger partial charge in [-0.2, -0.15) is 0 Å². The topological polar surface area (TPSA) is 110 Å². The van der Waals surface area contributed by atoms with E-state index in [0.717, 1.165) is 37.4 Å². The number of nitrogens with zero attached hydrogens (tertiary/aromatic N) is 6. The van der Waals surface area contributed by atoms with E-state index in [2.05, 4.69) is 20.3 Å². The van der Waals surface area contributed by atoms with Crippen LogP contribution in [0.1, 0.15) is 29.4 Å². The lowest BCUT2D eigenvalue weighted by atomic mass is 10.3. The number of aldehydes is 1. The molecule has 1 aliphatic heterocycles. The zero-order valence-electron chi connectivity index (χ0n) is 20.6. The molecule has 1 aromatic carbocycles. The summed E-state index contributed by atoms with van der Waals surface area (Å²) in [5.41, 5.74) is 2.35. The smallest absolute Gasteiger partial charge is 0.282 e. The van der Waals surface area contributed by atoms with Crippen molar-refractivity contribution >= 4 is 17.8 Å². The molecule has 3 aromatic heterocycles. The van der Waals surface area contributed by atoms with Gasteiger partial charge in [0, 0.05) is 50.9 Å². The summed E-state index contributed by atoms with van der Waals surface area (Å²) >= 11 is 0. The van der Waals surface area contributed by atoms with Crippen LogP contribution in [-0.4, -0.2) is 68.6 Å². The summed E-state index contributed by atoms with van der Waals surface area (Å²) in [4.78, 5) is 29.5. The summed E-state index contributed by atoms with van der Waals surface area (Å²) in [6.45, 7) is 6.47. The van der Waals surface area contributed by atoms with Crippen molar-refractivity contribution in [2.45, 2.75) is 32.9 Å². The maximum atomic E-state index is 12.1. The fourth-order valence-corrected chi connectivity index (χ4v) is 4.19. The van der Waals surface area contributed by atoms with Crippen LogP contribution in [0.2, 0.25) is 0 Å².